The van der Waals surface area contributed by atoms with Crippen LogP contribution in [0, 0.1) is 46.3 Å². The smallest absolute Gasteiger partial charge is 0.303 e. The predicted octanol–water partition coefficient (Wildman–Crippen LogP) is 4.48. The van der Waals surface area contributed by atoms with Crippen molar-refractivity contribution in [1.82, 2.24) is 0 Å². The van der Waals surface area contributed by atoms with Crippen LogP contribution in [0.4, 0.5) is 0 Å². The normalized spacial score (nSPS) is 51.7. The van der Waals surface area contributed by atoms with Gasteiger partial charge in [0.2, 0.25) is 0 Å². The van der Waals surface area contributed by atoms with E-state index in [4.69, 9.17) is 5.11 Å². The molecule has 4 aliphatic rings. The summed E-state index contributed by atoms with van der Waals surface area (Å²) in [5, 5.41) is 30.5. The molecule has 4 fully saturated rings. The molecule has 0 bridgehead atoms. The number of aliphatic hydroxyl groups is 2. The van der Waals surface area contributed by atoms with Gasteiger partial charge in [0.15, 0.2) is 0 Å². The van der Waals surface area contributed by atoms with Crippen LogP contribution in [-0.4, -0.2) is 33.5 Å². The fraction of sp³-hybridized carbons (Fsp3) is 0.958. The molecular formula is C24H40O4. The van der Waals surface area contributed by atoms with E-state index in [1.165, 1.54) is 25.7 Å². The third-order valence-electron chi connectivity index (χ3n) is 10.2. The van der Waals surface area contributed by atoms with Gasteiger partial charge in [-0.3, -0.25) is 4.79 Å². The van der Waals surface area contributed by atoms with E-state index in [1.807, 2.05) is 0 Å². The largest absolute Gasteiger partial charge is 0.481 e. The second kappa shape index (κ2) is 7.27. The minimum atomic E-state index is -0.684. The molecule has 0 aliphatic heterocycles. The van der Waals surface area contributed by atoms with Gasteiger partial charge in [0.05, 0.1) is 12.2 Å². The molecule has 3 unspecified atom stereocenters. The van der Waals surface area contributed by atoms with Crippen molar-refractivity contribution in [1.29, 1.82) is 0 Å². The van der Waals surface area contributed by atoms with Crippen molar-refractivity contribution in [3.05, 3.63) is 0 Å². The van der Waals surface area contributed by atoms with Gasteiger partial charge in [-0.25, -0.2) is 0 Å². The van der Waals surface area contributed by atoms with Gasteiger partial charge in [0, 0.05) is 6.42 Å². The van der Waals surface area contributed by atoms with Crippen LogP contribution in [0.3, 0.4) is 0 Å². The van der Waals surface area contributed by atoms with Crippen LogP contribution < -0.4 is 0 Å². The first-order chi connectivity index (χ1) is 13.2. The Labute approximate surface area is 170 Å². The van der Waals surface area contributed by atoms with Crippen molar-refractivity contribution < 1.29 is 20.1 Å². The summed E-state index contributed by atoms with van der Waals surface area (Å²) < 4.78 is 0. The maximum Gasteiger partial charge on any atom is 0.303 e. The number of carbonyl (C=O) groups is 1. The molecule has 0 heterocycles. The van der Waals surface area contributed by atoms with Crippen molar-refractivity contribution in [2.75, 3.05) is 0 Å². The van der Waals surface area contributed by atoms with E-state index in [2.05, 4.69) is 20.8 Å². The van der Waals surface area contributed by atoms with Crippen LogP contribution >= 0.6 is 0 Å². The molecule has 160 valence electrons. The average molecular weight is 393 g/mol. The number of aliphatic hydroxyl groups excluding tert-OH is 2. The van der Waals surface area contributed by atoms with Gasteiger partial charge in [-0.05, 0) is 104 Å². The van der Waals surface area contributed by atoms with E-state index in [0.29, 0.717) is 35.5 Å². The minimum Gasteiger partial charge on any atom is -0.481 e. The lowest BCUT2D eigenvalue weighted by atomic mass is 9.43. The van der Waals surface area contributed by atoms with Crippen LogP contribution in [0.25, 0.3) is 0 Å². The van der Waals surface area contributed by atoms with E-state index < -0.39 is 5.97 Å². The lowest BCUT2D eigenvalue weighted by Gasteiger charge is -2.62. The number of hydrogen-bond acceptors (Lipinski definition) is 3. The number of rotatable bonds is 4. The summed E-state index contributed by atoms with van der Waals surface area (Å²) in [6, 6.07) is 0. The first kappa shape index (κ1) is 20.7. The van der Waals surface area contributed by atoms with Gasteiger partial charge in [0.1, 0.15) is 0 Å². The minimum absolute atomic E-state index is 0.179. The highest BCUT2D eigenvalue weighted by Gasteiger charge is 2.62. The van der Waals surface area contributed by atoms with Gasteiger partial charge in [0.25, 0.3) is 0 Å². The maximum absolute atomic E-state index is 11.2. The Morgan fingerprint density at radius 1 is 1.00 bits per heavy atom. The van der Waals surface area contributed by atoms with Gasteiger partial charge < -0.3 is 15.3 Å². The Bertz CT molecular complexity index is 605. The fourth-order valence-corrected chi connectivity index (χ4v) is 8.73. The molecule has 4 aliphatic carbocycles. The van der Waals surface area contributed by atoms with Gasteiger partial charge in [-0.2, -0.15) is 0 Å². The summed E-state index contributed by atoms with van der Waals surface area (Å²) in [6.07, 6.45) is 9.19. The summed E-state index contributed by atoms with van der Waals surface area (Å²) >= 11 is 0. The first-order valence-corrected chi connectivity index (χ1v) is 11.7. The molecule has 4 heteroatoms. The molecule has 0 amide bonds. The molecule has 0 radical (unpaired) electrons. The summed E-state index contributed by atoms with van der Waals surface area (Å²) in [5.74, 6) is 2.36. The highest BCUT2D eigenvalue weighted by molar-refractivity contribution is 5.66. The van der Waals surface area contributed by atoms with Crippen molar-refractivity contribution in [2.24, 2.45) is 46.3 Å². The highest BCUT2D eigenvalue weighted by atomic mass is 16.4. The van der Waals surface area contributed by atoms with E-state index in [0.717, 1.165) is 32.1 Å². The molecular weight excluding hydrogens is 352 g/mol. The van der Waals surface area contributed by atoms with Crippen LogP contribution in [-0.2, 0) is 4.79 Å². The van der Waals surface area contributed by atoms with Crippen molar-refractivity contribution >= 4 is 5.97 Å². The maximum atomic E-state index is 11.2. The molecule has 4 nitrogen and oxygen atoms in total. The third-order valence-corrected chi connectivity index (χ3v) is 10.2. The molecule has 0 saturated heterocycles. The Morgan fingerprint density at radius 3 is 2.39 bits per heavy atom. The van der Waals surface area contributed by atoms with E-state index in [-0.39, 0.29) is 29.5 Å². The molecule has 28 heavy (non-hydrogen) atoms. The highest BCUT2D eigenvalue weighted by Crippen LogP contribution is 2.68. The van der Waals surface area contributed by atoms with E-state index in [9.17, 15) is 15.0 Å². The summed E-state index contributed by atoms with van der Waals surface area (Å²) in [5.41, 5.74) is 0.523. The van der Waals surface area contributed by atoms with Crippen LogP contribution in [0.5, 0.6) is 0 Å². The van der Waals surface area contributed by atoms with Crippen molar-refractivity contribution in [2.45, 2.75) is 97.2 Å². The number of carboxylic acid groups (broad SMARTS) is 1. The number of fused-ring (bicyclic) bond motifs is 5. The fourth-order valence-electron chi connectivity index (χ4n) is 8.73. The van der Waals surface area contributed by atoms with Crippen molar-refractivity contribution in [3.63, 3.8) is 0 Å². The van der Waals surface area contributed by atoms with Gasteiger partial charge in [-0.1, -0.05) is 20.8 Å². The Morgan fingerprint density at radius 2 is 1.68 bits per heavy atom. The standard InChI is InChI=1S/C24H40O4/c1-14(4-7-21(27)28)17-5-6-18-22-19(9-11-24(17,18)3)23(2)10-8-16(25)12-15(23)13-20(22)26/h14-20,22,25-26H,4-13H2,1-3H3,(H,27,28)/t14?,15-,16?,17+,18+,19-,20?,22+,23+,24-/m1/s1. The summed E-state index contributed by atoms with van der Waals surface area (Å²) in [6.45, 7) is 7.16. The van der Waals surface area contributed by atoms with Gasteiger partial charge in [-0.15, -0.1) is 0 Å². The lowest BCUT2D eigenvalue weighted by Crippen LogP contribution is -2.58. The Kier molecular flexibility index (Phi) is 5.36. The Balaban J connectivity index is 1.55. The van der Waals surface area contributed by atoms with Crippen LogP contribution in [0.2, 0.25) is 0 Å². The number of hydrogen-bond donors (Lipinski definition) is 3. The molecule has 0 aromatic rings. The lowest BCUT2D eigenvalue weighted by molar-refractivity contribution is -0.174. The molecule has 4 rings (SSSR count). The number of carboxylic acids is 1. The zero-order valence-corrected chi connectivity index (χ0v) is 17.9. The summed E-state index contributed by atoms with van der Waals surface area (Å²) in [7, 11) is 0. The van der Waals surface area contributed by atoms with E-state index >= 15 is 0 Å². The van der Waals surface area contributed by atoms with Crippen molar-refractivity contribution in [3.8, 4) is 0 Å². The molecule has 0 spiro atoms. The molecule has 0 aromatic carbocycles. The van der Waals surface area contributed by atoms with Gasteiger partial charge >= 0.3 is 5.97 Å². The van der Waals surface area contributed by atoms with Crippen LogP contribution in [0.15, 0.2) is 0 Å². The quantitative estimate of drug-likeness (QED) is 0.659. The zero-order chi connectivity index (χ0) is 20.3. The van der Waals surface area contributed by atoms with E-state index in [1.54, 1.807) is 0 Å². The molecule has 4 saturated carbocycles. The van der Waals surface area contributed by atoms with Crippen LogP contribution in [0.1, 0.15) is 85.0 Å². The zero-order valence-electron chi connectivity index (χ0n) is 17.9. The molecule has 10 atom stereocenters. The average Bonchev–Trinajstić information content (AvgIpc) is 2.98. The third kappa shape index (κ3) is 3.14. The topological polar surface area (TPSA) is 77.8 Å². The monoisotopic (exact) mass is 392 g/mol. The predicted molar refractivity (Wildman–Crippen MR) is 109 cm³/mol. The first-order valence-electron chi connectivity index (χ1n) is 11.7. The Hall–Kier alpha value is -0.610. The SMILES string of the molecule is CC(CCC(=O)O)[C@@H]1CC[C@H]2[C@@H]3C(O)C[C@H]4CC(O)CC[C@]4(C)[C@@H]3CC[C@]12C. The number of aliphatic carboxylic acids is 1. The second-order valence-corrected chi connectivity index (χ2v) is 11.4. The second-order valence-electron chi connectivity index (χ2n) is 11.4. The molecule has 3 N–H and O–H groups in total. The molecule has 0 aromatic heterocycles. The summed E-state index contributed by atoms with van der Waals surface area (Å²) in [4.78, 5) is 11.1.